The van der Waals surface area contributed by atoms with Gasteiger partial charge in [-0.05, 0) is 41.8 Å². The van der Waals surface area contributed by atoms with E-state index in [2.05, 4.69) is 11.1 Å². The summed E-state index contributed by atoms with van der Waals surface area (Å²) >= 11 is 0. The number of pyridine rings is 1. The van der Waals surface area contributed by atoms with Crippen molar-refractivity contribution >= 4 is 5.69 Å². The molecule has 3 nitrogen and oxygen atoms in total. The van der Waals surface area contributed by atoms with Crippen LogP contribution in [0.5, 0.6) is 5.88 Å². The van der Waals surface area contributed by atoms with Crippen LogP contribution >= 0.6 is 0 Å². The molecule has 1 aromatic heterocycles. The number of ether oxygens (including phenoxy) is 1. The lowest BCUT2D eigenvalue weighted by molar-refractivity contribution is 0.294. The summed E-state index contributed by atoms with van der Waals surface area (Å²) in [5.41, 5.74) is 11.0. The van der Waals surface area contributed by atoms with E-state index in [0.29, 0.717) is 12.5 Å². The molecule has 2 aromatic carbocycles. The summed E-state index contributed by atoms with van der Waals surface area (Å²) in [5.74, 6) is 0.625. The van der Waals surface area contributed by atoms with E-state index in [4.69, 9.17) is 10.5 Å². The maximum absolute atomic E-state index is 5.85. The molecule has 0 aliphatic rings. The minimum absolute atomic E-state index is 0.522. The first kappa shape index (κ1) is 14.1. The molecule has 0 radical (unpaired) electrons. The Morgan fingerprint density at radius 2 is 1.73 bits per heavy atom. The van der Waals surface area contributed by atoms with E-state index in [1.165, 1.54) is 0 Å². The second kappa shape index (κ2) is 6.31. The Labute approximate surface area is 130 Å². The van der Waals surface area contributed by atoms with Crippen LogP contribution in [0.2, 0.25) is 0 Å². The van der Waals surface area contributed by atoms with Gasteiger partial charge in [0.15, 0.2) is 0 Å². The Morgan fingerprint density at radius 3 is 2.41 bits per heavy atom. The molecule has 0 atom stereocenters. The molecule has 3 heteroatoms. The molecule has 3 aromatic rings. The van der Waals surface area contributed by atoms with Crippen LogP contribution in [0.3, 0.4) is 0 Å². The van der Waals surface area contributed by atoms with Crippen LogP contribution < -0.4 is 10.5 Å². The first-order valence-electron chi connectivity index (χ1n) is 7.21. The number of rotatable bonds is 4. The van der Waals surface area contributed by atoms with Crippen molar-refractivity contribution in [1.29, 1.82) is 0 Å². The fourth-order valence-corrected chi connectivity index (χ4v) is 2.22. The molecule has 0 amide bonds. The van der Waals surface area contributed by atoms with E-state index in [1.807, 2.05) is 67.7 Å². The Bertz CT molecular complexity index is 752. The molecule has 0 fully saturated rings. The summed E-state index contributed by atoms with van der Waals surface area (Å²) in [4.78, 5) is 4.37. The number of aryl methyl sites for hydroxylation is 1. The summed E-state index contributed by atoms with van der Waals surface area (Å²) in [6, 6.07) is 20.0. The number of aromatic nitrogens is 1. The molecule has 1 heterocycles. The second-order valence-corrected chi connectivity index (χ2v) is 5.23. The standard InChI is InChI=1S/C19H18N2O/c1-14-11-16(7-9-18(14)20)17-8-10-19(21-12-17)22-13-15-5-3-2-4-6-15/h2-12H,13,20H2,1H3. The van der Waals surface area contributed by atoms with Crippen molar-refractivity contribution in [1.82, 2.24) is 4.98 Å². The van der Waals surface area contributed by atoms with Crippen molar-refractivity contribution in [2.24, 2.45) is 0 Å². The van der Waals surface area contributed by atoms with Crippen molar-refractivity contribution in [3.63, 3.8) is 0 Å². The molecule has 2 N–H and O–H groups in total. The lowest BCUT2D eigenvalue weighted by Gasteiger charge is -2.08. The van der Waals surface area contributed by atoms with Crippen LogP contribution in [-0.4, -0.2) is 4.98 Å². The van der Waals surface area contributed by atoms with E-state index in [9.17, 15) is 0 Å². The number of nitrogens with two attached hydrogens (primary N) is 1. The van der Waals surface area contributed by atoms with Crippen LogP contribution in [0.1, 0.15) is 11.1 Å². The predicted octanol–water partition coefficient (Wildman–Crippen LogP) is 4.22. The number of hydrogen-bond acceptors (Lipinski definition) is 3. The van der Waals surface area contributed by atoms with Crippen LogP contribution in [0.25, 0.3) is 11.1 Å². The van der Waals surface area contributed by atoms with E-state index in [1.54, 1.807) is 0 Å². The minimum Gasteiger partial charge on any atom is -0.473 e. The smallest absolute Gasteiger partial charge is 0.213 e. The van der Waals surface area contributed by atoms with Crippen molar-refractivity contribution < 1.29 is 4.74 Å². The normalized spacial score (nSPS) is 10.4. The van der Waals surface area contributed by atoms with Gasteiger partial charge in [0.1, 0.15) is 6.61 Å². The van der Waals surface area contributed by atoms with Gasteiger partial charge in [0.2, 0.25) is 5.88 Å². The molecule has 0 bridgehead atoms. The molecule has 0 spiro atoms. The number of nitrogens with zero attached hydrogens (tertiary/aromatic N) is 1. The summed E-state index contributed by atoms with van der Waals surface area (Å²) in [6.45, 7) is 2.53. The van der Waals surface area contributed by atoms with Crippen LogP contribution in [0.15, 0.2) is 66.9 Å². The highest BCUT2D eigenvalue weighted by molar-refractivity contribution is 5.67. The highest BCUT2D eigenvalue weighted by atomic mass is 16.5. The fourth-order valence-electron chi connectivity index (χ4n) is 2.22. The van der Waals surface area contributed by atoms with E-state index >= 15 is 0 Å². The third kappa shape index (κ3) is 3.26. The Morgan fingerprint density at radius 1 is 0.955 bits per heavy atom. The lowest BCUT2D eigenvalue weighted by Crippen LogP contribution is -1.97. The zero-order chi connectivity index (χ0) is 15.4. The van der Waals surface area contributed by atoms with Crippen LogP contribution in [0, 0.1) is 6.92 Å². The quantitative estimate of drug-likeness (QED) is 0.732. The second-order valence-electron chi connectivity index (χ2n) is 5.23. The Hall–Kier alpha value is -2.81. The fraction of sp³-hybridized carbons (Fsp3) is 0.105. The van der Waals surface area contributed by atoms with Crippen molar-refractivity contribution in [3.8, 4) is 17.0 Å². The summed E-state index contributed by atoms with van der Waals surface area (Å²) in [5, 5.41) is 0. The van der Waals surface area contributed by atoms with Crippen LogP contribution in [-0.2, 0) is 6.61 Å². The zero-order valence-electron chi connectivity index (χ0n) is 12.5. The molecular weight excluding hydrogens is 272 g/mol. The summed E-state index contributed by atoms with van der Waals surface area (Å²) in [6.07, 6.45) is 1.82. The SMILES string of the molecule is Cc1cc(-c2ccc(OCc3ccccc3)nc2)ccc1N. The highest BCUT2D eigenvalue weighted by Crippen LogP contribution is 2.24. The average Bonchev–Trinajstić information content (AvgIpc) is 2.57. The number of hydrogen-bond donors (Lipinski definition) is 1. The van der Waals surface area contributed by atoms with E-state index < -0.39 is 0 Å². The van der Waals surface area contributed by atoms with Gasteiger partial charge in [0.25, 0.3) is 0 Å². The average molecular weight is 290 g/mol. The molecule has 22 heavy (non-hydrogen) atoms. The van der Waals surface area contributed by atoms with Gasteiger partial charge in [-0.25, -0.2) is 4.98 Å². The molecule has 0 aliphatic heterocycles. The molecular formula is C19H18N2O. The molecule has 0 aliphatic carbocycles. The van der Waals surface area contributed by atoms with Crippen molar-refractivity contribution in [3.05, 3.63) is 78.0 Å². The summed E-state index contributed by atoms with van der Waals surface area (Å²) in [7, 11) is 0. The number of benzene rings is 2. The maximum atomic E-state index is 5.85. The molecule has 3 rings (SSSR count). The predicted molar refractivity (Wildman–Crippen MR) is 89.6 cm³/mol. The maximum Gasteiger partial charge on any atom is 0.213 e. The number of nitrogen functional groups attached to an aromatic ring is 1. The van der Waals surface area contributed by atoms with Gasteiger partial charge in [0.05, 0.1) is 0 Å². The molecule has 0 unspecified atom stereocenters. The monoisotopic (exact) mass is 290 g/mol. The minimum atomic E-state index is 0.522. The van der Waals surface area contributed by atoms with E-state index in [0.717, 1.165) is 27.9 Å². The van der Waals surface area contributed by atoms with Crippen molar-refractivity contribution in [2.75, 3.05) is 5.73 Å². The zero-order valence-corrected chi connectivity index (χ0v) is 12.5. The first-order chi connectivity index (χ1) is 10.7. The van der Waals surface area contributed by atoms with Gasteiger partial charge >= 0.3 is 0 Å². The van der Waals surface area contributed by atoms with Gasteiger partial charge in [-0.3, -0.25) is 0 Å². The van der Waals surface area contributed by atoms with Gasteiger partial charge in [-0.2, -0.15) is 0 Å². The lowest BCUT2D eigenvalue weighted by atomic mass is 10.0. The summed E-state index contributed by atoms with van der Waals surface area (Å²) < 4.78 is 5.69. The van der Waals surface area contributed by atoms with E-state index in [-0.39, 0.29) is 0 Å². The van der Waals surface area contributed by atoms with Gasteiger partial charge in [-0.15, -0.1) is 0 Å². The largest absolute Gasteiger partial charge is 0.473 e. The highest BCUT2D eigenvalue weighted by Gasteiger charge is 2.02. The third-order valence-electron chi connectivity index (χ3n) is 3.57. The van der Waals surface area contributed by atoms with Gasteiger partial charge in [0, 0.05) is 23.5 Å². The molecule has 0 saturated carbocycles. The van der Waals surface area contributed by atoms with Gasteiger partial charge in [-0.1, -0.05) is 36.4 Å². The number of anilines is 1. The van der Waals surface area contributed by atoms with Gasteiger partial charge < -0.3 is 10.5 Å². The Kier molecular flexibility index (Phi) is 4.05. The molecule has 110 valence electrons. The van der Waals surface area contributed by atoms with Crippen molar-refractivity contribution in [2.45, 2.75) is 13.5 Å². The first-order valence-corrected chi connectivity index (χ1v) is 7.21. The Balaban J connectivity index is 1.71. The third-order valence-corrected chi connectivity index (χ3v) is 3.57. The molecule has 0 saturated heterocycles. The topological polar surface area (TPSA) is 48.1 Å². The van der Waals surface area contributed by atoms with Crippen LogP contribution in [0.4, 0.5) is 5.69 Å².